The number of rotatable bonds is 1. The molecule has 0 amide bonds. The molecule has 5 heteroatoms. The van der Waals surface area contributed by atoms with Gasteiger partial charge in [-0.25, -0.2) is 4.68 Å². The van der Waals surface area contributed by atoms with Gasteiger partial charge in [0, 0.05) is 12.6 Å². The molecular weight excluding hydrogens is 218 g/mol. The molecule has 5 nitrogen and oxygen atoms in total. The molecule has 0 fully saturated rings. The zero-order chi connectivity index (χ0) is 12.0. The van der Waals surface area contributed by atoms with Crippen LogP contribution in [-0.2, 0) is 6.54 Å². The van der Waals surface area contributed by atoms with Crippen LogP contribution < -0.4 is 10.9 Å². The first-order valence-electron chi connectivity index (χ1n) is 5.54. The van der Waals surface area contributed by atoms with Crippen molar-refractivity contribution in [3.05, 3.63) is 45.9 Å². The molecule has 0 saturated heterocycles. The zero-order valence-electron chi connectivity index (χ0n) is 9.40. The van der Waals surface area contributed by atoms with E-state index in [0.29, 0.717) is 12.2 Å². The van der Waals surface area contributed by atoms with E-state index in [1.54, 1.807) is 24.3 Å². The van der Waals surface area contributed by atoms with Crippen molar-refractivity contribution >= 4 is 0 Å². The van der Waals surface area contributed by atoms with Crippen molar-refractivity contribution in [2.45, 2.75) is 19.5 Å². The summed E-state index contributed by atoms with van der Waals surface area (Å²) in [5.41, 5.74) is 2.04. The van der Waals surface area contributed by atoms with Gasteiger partial charge in [-0.2, -0.15) is 0 Å². The van der Waals surface area contributed by atoms with E-state index in [1.807, 2.05) is 6.92 Å². The predicted octanol–water partition coefficient (Wildman–Crippen LogP) is 1.04. The molecule has 2 heterocycles. The molecule has 0 aliphatic carbocycles. The minimum absolute atomic E-state index is 0.0563. The van der Waals surface area contributed by atoms with E-state index in [4.69, 9.17) is 0 Å². The van der Waals surface area contributed by atoms with Gasteiger partial charge >= 0.3 is 0 Å². The Morgan fingerprint density at radius 3 is 2.88 bits per heavy atom. The number of phenols is 1. The Hall–Kier alpha value is -2.01. The Morgan fingerprint density at radius 2 is 2.18 bits per heavy atom. The summed E-state index contributed by atoms with van der Waals surface area (Å²) in [5.74, 6) is 0.0927. The molecule has 1 aromatic heterocycles. The lowest BCUT2D eigenvalue weighted by Gasteiger charge is -2.06. The van der Waals surface area contributed by atoms with Gasteiger partial charge < -0.3 is 10.4 Å². The van der Waals surface area contributed by atoms with Crippen molar-refractivity contribution in [1.29, 1.82) is 0 Å². The van der Waals surface area contributed by atoms with Crippen molar-refractivity contribution < 1.29 is 5.11 Å². The normalized spacial score (nSPS) is 18.3. The molecule has 2 aromatic rings. The molecule has 1 aliphatic rings. The summed E-state index contributed by atoms with van der Waals surface area (Å²) < 4.78 is 1.40. The van der Waals surface area contributed by atoms with Gasteiger partial charge in [-0.3, -0.25) is 9.89 Å². The quantitative estimate of drug-likeness (QED) is 0.686. The average Bonchev–Trinajstić information content (AvgIpc) is 2.82. The summed E-state index contributed by atoms with van der Waals surface area (Å²) in [5, 5.41) is 16.0. The maximum Gasteiger partial charge on any atom is 0.276 e. The average molecular weight is 231 g/mol. The van der Waals surface area contributed by atoms with Crippen LogP contribution in [0, 0.1) is 0 Å². The number of fused-ring (bicyclic) bond motifs is 1. The topological polar surface area (TPSA) is 70.1 Å². The van der Waals surface area contributed by atoms with Crippen molar-refractivity contribution in [2.75, 3.05) is 0 Å². The first-order valence-corrected chi connectivity index (χ1v) is 5.54. The SMILES string of the molecule is CC1NCc2[nH]n(-c3ccccc3O)c(=O)c21. The van der Waals surface area contributed by atoms with Crippen LogP contribution in [0.15, 0.2) is 29.1 Å². The maximum atomic E-state index is 12.2. The first-order chi connectivity index (χ1) is 8.18. The van der Waals surface area contributed by atoms with Crippen LogP contribution in [0.5, 0.6) is 5.75 Å². The summed E-state index contributed by atoms with van der Waals surface area (Å²) in [7, 11) is 0. The number of nitrogens with zero attached hydrogens (tertiary/aromatic N) is 1. The largest absolute Gasteiger partial charge is 0.506 e. The molecule has 3 rings (SSSR count). The Balaban J connectivity index is 2.22. The number of aromatic amines is 1. The number of benzene rings is 1. The summed E-state index contributed by atoms with van der Waals surface area (Å²) in [6.07, 6.45) is 0. The molecule has 0 bridgehead atoms. The van der Waals surface area contributed by atoms with Crippen molar-refractivity contribution in [1.82, 2.24) is 15.1 Å². The van der Waals surface area contributed by atoms with Gasteiger partial charge in [0.15, 0.2) is 0 Å². The number of hydrogen-bond donors (Lipinski definition) is 3. The second-order valence-electron chi connectivity index (χ2n) is 4.24. The minimum Gasteiger partial charge on any atom is -0.506 e. The molecule has 0 radical (unpaired) electrons. The fraction of sp³-hybridized carbons (Fsp3) is 0.250. The third-order valence-corrected chi connectivity index (χ3v) is 3.15. The predicted molar refractivity (Wildman–Crippen MR) is 63.3 cm³/mol. The van der Waals surface area contributed by atoms with E-state index in [2.05, 4.69) is 10.4 Å². The molecule has 0 spiro atoms. The van der Waals surface area contributed by atoms with Crippen LogP contribution in [-0.4, -0.2) is 14.9 Å². The van der Waals surface area contributed by atoms with Crippen LogP contribution in [0.25, 0.3) is 5.69 Å². The van der Waals surface area contributed by atoms with E-state index in [9.17, 15) is 9.90 Å². The molecule has 1 unspecified atom stereocenters. The molecule has 17 heavy (non-hydrogen) atoms. The number of phenolic OH excluding ortho intramolecular Hbond substituents is 1. The fourth-order valence-corrected chi connectivity index (χ4v) is 2.26. The van der Waals surface area contributed by atoms with E-state index >= 15 is 0 Å². The third kappa shape index (κ3) is 1.39. The van der Waals surface area contributed by atoms with Gasteiger partial charge in [-0.1, -0.05) is 12.1 Å². The molecule has 88 valence electrons. The van der Waals surface area contributed by atoms with Crippen molar-refractivity contribution in [2.24, 2.45) is 0 Å². The Kier molecular flexibility index (Phi) is 2.09. The Labute approximate surface area is 97.7 Å². The smallest absolute Gasteiger partial charge is 0.276 e. The Morgan fingerprint density at radius 1 is 1.41 bits per heavy atom. The van der Waals surface area contributed by atoms with Crippen molar-refractivity contribution in [3.8, 4) is 11.4 Å². The number of H-pyrrole nitrogens is 1. The van der Waals surface area contributed by atoms with E-state index in [0.717, 1.165) is 11.3 Å². The first kappa shape index (κ1) is 10.2. The highest BCUT2D eigenvalue weighted by atomic mass is 16.3. The van der Waals surface area contributed by atoms with Gasteiger partial charge in [0.1, 0.15) is 11.4 Å². The van der Waals surface area contributed by atoms with E-state index in [-0.39, 0.29) is 17.4 Å². The minimum atomic E-state index is -0.0981. The van der Waals surface area contributed by atoms with Crippen LogP contribution in [0.2, 0.25) is 0 Å². The van der Waals surface area contributed by atoms with E-state index < -0.39 is 0 Å². The van der Waals surface area contributed by atoms with Crippen LogP contribution in [0.4, 0.5) is 0 Å². The second-order valence-corrected chi connectivity index (χ2v) is 4.24. The van der Waals surface area contributed by atoms with Crippen molar-refractivity contribution in [3.63, 3.8) is 0 Å². The molecular formula is C12H13N3O2. The number of para-hydroxylation sites is 2. The van der Waals surface area contributed by atoms with Gasteiger partial charge in [-0.05, 0) is 19.1 Å². The molecule has 1 atom stereocenters. The zero-order valence-corrected chi connectivity index (χ0v) is 9.40. The summed E-state index contributed by atoms with van der Waals surface area (Å²) >= 11 is 0. The van der Waals surface area contributed by atoms with Crippen LogP contribution in [0.3, 0.4) is 0 Å². The molecule has 1 aliphatic heterocycles. The van der Waals surface area contributed by atoms with Crippen LogP contribution in [0.1, 0.15) is 24.2 Å². The fourth-order valence-electron chi connectivity index (χ4n) is 2.26. The van der Waals surface area contributed by atoms with Gasteiger partial charge in [0.05, 0.1) is 11.3 Å². The number of hydrogen-bond acceptors (Lipinski definition) is 3. The van der Waals surface area contributed by atoms with Crippen LogP contribution >= 0.6 is 0 Å². The Bertz CT molecular complexity index is 627. The highest BCUT2D eigenvalue weighted by Gasteiger charge is 2.26. The standard InChI is InChI=1S/C12H13N3O2/c1-7-11-8(6-13-7)14-15(12(11)17)9-4-2-3-5-10(9)16/h2-5,7,13-14,16H,6H2,1H3. The number of nitrogens with one attached hydrogen (secondary N) is 2. The highest BCUT2D eigenvalue weighted by molar-refractivity contribution is 5.46. The van der Waals surface area contributed by atoms with Gasteiger partial charge in [0.2, 0.25) is 0 Å². The van der Waals surface area contributed by atoms with E-state index in [1.165, 1.54) is 4.68 Å². The molecule has 3 N–H and O–H groups in total. The summed E-state index contributed by atoms with van der Waals surface area (Å²) in [6.45, 7) is 2.61. The summed E-state index contributed by atoms with van der Waals surface area (Å²) in [6, 6.07) is 6.84. The lowest BCUT2D eigenvalue weighted by Crippen LogP contribution is -2.22. The van der Waals surface area contributed by atoms with Gasteiger partial charge in [0.25, 0.3) is 5.56 Å². The lowest BCUT2D eigenvalue weighted by atomic mass is 10.2. The molecule has 1 aromatic carbocycles. The highest BCUT2D eigenvalue weighted by Crippen LogP contribution is 2.23. The number of aromatic hydroxyl groups is 1. The summed E-state index contributed by atoms with van der Waals surface area (Å²) in [4.78, 5) is 12.2. The number of aromatic nitrogens is 2. The second kappa shape index (κ2) is 3.49. The monoisotopic (exact) mass is 231 g/mol. The molecule has 0 saturated carbocycles. The third-order valence-electron chi connectivity index (χ3n) is 3.15. The maximum absolute atomic E-state index is 12.2. The van der Waals surface area contributed by atoms with Gasteiger partial charge in [-0.15, -0.1) is 0 Å². The lowest BCUT2D eigenvalue weighted by molar-refractivity contribution is 0.469.